The molecule has 4 nitrogen and oxygen atoms in total. The van der Waals surface area contributed by atoms with E-state index in [0.717, 1.165) is 18.6 Å². The predicted octanol–water partition coefficient (Wildman–Crippen LogP) is 3.35. The lowest BCUT2D eigenvalue weighted by Gasteiger charge is -2.11. The van der Waals surface area contributed by atoms with E-state index in [2.05, 4.69) is 5.32 Å². The van der Waals surface area contributed by atoms with Crippen LogP contribution in [0.2, 0.25) is 0 Å². The third-order valence-corrected chi connectivity index (χ3v) is 3.25. The fourth-order valence-electron chi connectivity index (χ4n) is 1.78. The second kappa shape index (κ2) is 9.16. The fraction of sp³-hybridized carbons (Fsp3) is 0.529. The molecule has 1 unspecified atom stereocenters. The molecule has 0 aliphatic carbocycles. The predicted molar refractivity (Wildman–Crippen MR) is 83.7 cm³/mol. The van der Waals surface area contributed by atoms with Crippen LogP contribution < -0.4 is 10.1 Å². The van der Waals surface area contributed by atoms with Crippen LogP contribution in [-0.4, -0.2) is 24.3 Å². The Morgan fingerprint density at radius 3 is 2.38 bits per heavy atom. The highest BCUT2D eigenvalue weighted by molar-refractivity contribution is 5.98. The molecule has 0 aliphatic heterocycles. The number of rotatable bonds is 9. The van der Waals surface area contributed by atoms with Gasteiger partial charge in [-0.25, -0.2) is 0 Å². The van der Waals surface area contributed by atoms with E-state index < -0.39 is 0 Å². The van der Waals surface area contributed by atoms with Gasteiger partial charge in [0.25, 0.3) is 0 Å². The largest absolute Gasteiger partial charge is 0.494 e. The minimum atomic E-state index is -0.0689. The van der Waals surface area contributed by atoms with Crippen LogP contribution in [0, 0.1) is 0 Å². The number of Topliss-reactive ketones (excluding diaryl/α,β-unsaturated/α-hetero) is 1. The number of carbonyl (C=O) groups excluding carboxylic acids is 2. The van der Waals surface area contributed by atoms with Crippen LogP contribution in [0.25, 0.3) is 0 Å². The summed E-state index contributed by atoms with van der Waals surface area (Å²) in [5.41, 5.74) is 0.621. The number of carbonyl (C=O) groups is 2. The van der Waals surface area contributed by atoms with Crippen molar-refractivity contribution >= 4 is 11.7 Å². The molecule has 1 aromatic carbocycles. The van der Waals surface area contributed by atoms with Gasteiger partial charge in [0, 0.05) is 24.4 Å². The van der Waals surface area contributed by atoms with Crippen molar-refractivity contribution in [2.45, 2.75) is 52.5 Å². The van der Waals surface area contributed by atoms with Crippen LogP contribution in [-0.2, 0) is 4.79 Å². The number of hydrogen-bond acceptors (Lipinski definition) is 3. The minimum Gasteiger partial charge on any atom is -0.494 e. The summed E-state index contributed by atoms with van der Waals surface area (Å²) in [6.45, 7) is 6.68. The SMILES string of the molecule is CCCOc1ccc(C(=O)CCC(=O)NC(C)CC)cc1. The lowest BCUT2D eigenvalue weighted by molar-refractivity contribution is -0.121. The Hall–Kier alpha value is -1.84. The summed E-state index contributed by atoms with van der Waals surface area (Å²) in [5, 5.41) is 2.86. The highest BCUT2D eigenvalue weighted by atomic mass is 16.5. The van der Waals surface area contributed by atoms with E-state index >= 15 is 0 Å². The van der Waals surface area contributed by atoms with Gasteiger partial charge in [-0.2, -0.15) is 0 Å². The van der Waals surface area contributed by atoms with Gasteiger partial charge < -0.3 is 10.1 Å². The van der Waals surface area contributed by atoms with Gasteiger partial charge in [0.1, 0.15) is 5.75 Å². The van der Waals surface area contributed by atoms with E-state index in [1.807, 2.05) is 20.8 Å². The van der Waals surface area contributed by atoms with E-state index in [1.165, 1.54) is 0 Å². The third kappa shape index (κ3) is 6.43. The molecule has 0 radical (unpaired) electrons. The standard InChI is InChI=1S/C17H25NO3/c1-4-12-21-15-8-6-14(7-9-15)16(19)10-11-17(20)18-13(3)5-2/h6-9,13H,4-5,10-12H2,1-3H3,(H,18,20). The summed E-state index contributed by atoms with van der Waals surface area (Å²) >= 11 is 0. The first kappa shape index (κ1) is 17.2. The maximum Gasteiger partial charge on any atom is 0.220 e. The molecular weight excluding hydrogens is 266 g/mol. The Morgan fingerprint density at radius 1 is 1.14 bits per heavy atom. The van der Waals surface area contributed by atoms with E-state index in [4.69, 9.17) is 4.74 Å². The Kier molecular flexibility index (Phi) is 7.51. The number of ether oxygens (including phenoxy) is 1. The highest BCUT2D eigenvalue weighted by Gasteiger charge is 2.10. The molecule has 0 saturated heterocycles. The summed E-state index contributed by atoms with van der Waals surface area (Å²) in [6.07, 6.45) is 2.31. The normalized spacial score (nSPS) is 11.8. The topological polar surface area (TPSA) is 55.4 Å². The van der Waals surface area contributed by atoms with Crippen molar-refractivity contribution in [1.82, 2.24) is 5.32 Å². The summed E-state index contributed by atoms with van der Waals surface area (Å²) in [5.74, 6) is 0.680. The van der Waals surface area contributed by atoms with Crippen LogP contribution >= 0.6 is 0 Å². The molecule has 0 bridgehead atoms. The van der Waals surface area contributed by atoms with Gasteiger partial charge >= 0.3 is 0 Å². The van der Waals surface area contributed by atoms with Gasteiger partial charge in [-0.3, -0.25) is 9.59 Å². The number of benzene rings is 1. The zero-order valence-electron chi connectivity index (χ0n) is 13.1. The smallest absolute Gasteiger partial charge is 0.220 e. The maximum absolute atomic E-state index is 12.0. The molecule has 1 amide bonds. The molecule has 0 saturated carbocycles. The Balaban J connectivity index is 2.43. The molecule has 0 aliphatic rings. The summed E-state index contributed by atoms with van der Waals surface area (Å²) < 4.78 is 5.47. The van der Waals surface area contributed by atoms with Gasteiger partial charge in [0.2, 0.25) is 5.91 Å². The molecule has 0 heterocycles. The number of hydrogen-bond donors (Lipinski definition) is 1. The van der Waals surface area contributed by atoms with Crippen molar-refractivity contribution in [3.05, 3.63) is 29.8 Å². The molecule has 21 heavy (non-hydrogen) atoms. The van der Waals surface area contributed by atoms with Crippen molar-refractivity contribution in [3.63, 3.8) is 0 Å². The molecule has 1 rings (SSSR count). The Morgan fingerprint density at radius 2 is 1.81 bits per heavy atom. The molecular formula is C17H25NO3. The van der Waals surface area contributed by atoms with Gasteiger partial charge in [-0.15, -0.1) is 0 Å². The lowest BCUT2D eigenvalue weighted by Crippen LogP contribution is -2.32. The van der Waals surface area contributed by atoms with Crippen molar-refractivity contribution in [2.24, 2.45) is 0 Å². The van der Waals surface area contributed by atoms with Crippen LogP contribution in [0.4, 0.5) is 0 Å². The summed E-state index contributed by atoms with van der Waals surface area (Å²) in [6, 6.07) is 7.24. The number of amides is 1. The van der Waals surface area contributed by atoms with Crippen LogP contribution in [0.3, 0.4) is 0 Å². The molecule has 116 valence electrons. The van der Waals surface area contributed by atoms with Crippen molar-refractivity contribution in [2.75, 3.05) is 6.61 Å². The number of nitrogens with one attached hydrogen (secondary N) is 1. The quantitative estimate of drug-likeness (QED) is 0.710. The van der Waals surface area contributed by atoms with E-state index in [0.29, 0.717) is 12.2 Å². The molecule has 1 atom stereocenters. The van der Waals surface area contributed by atoms with E-state index in [1.54, 1.807) is 24.3 Å². The van der Waals surface area contributed by atoms with Crippen molar-refractivity contribution in [3.8, 4) is 5.75 Å². The summed E-state index contributed by atoms with van der Waals surface area (Å²) in [4.78, 5) is 23.6. The average Bonchev–Trinajstić information content (AvgIpc) is 2.50. The van der Waals surface area contributed by atoms with Crippen molar-refractivity contribution < 1.29 is 14.3 Å². The monoisotopic (exact) mass is 291 g/mol. The minimum absolute atomic E-state index is 0.0173. The second-order valence-electron chi connectivity index (χ2n) is 5.17. The lowest BCUT2D eigenvalue weighted by atomic mass is 10.1. The molecule has 1 N–H and O–H groups in total. The molecule has 0 fully saturated rings. The third-order valence-electron chi connectivity index (χ3n) is 3.25. The number of ketones is 1. The summed E-state index contributed by atoms with van der Waals surface area (Å²) in [7, 11) is 0. The first-order chi connectivity index (χ1) is 10.1. The van der Waals surface area contributed by atoms with E-state index in [-0.39, 0.29) is 30.6 Å². The zero-order valence-corrected chi connectivity index (χ0v) is 13.1. The van der Waals surface area contributed by atoms with Gasteiger partial charge in [-0.05, 0) is 44.0 Å². The Labute approximate surface area is 126 Å². The molecule has 1 aromatic rings. The van der Waals surface area contributed by atoms with Crippen LogP contribution in [0.15, 0.2) is 24.3 Å². The van der Waals surface area contributed by atoms with E-state index in [9.17, 15) is 9.59 Å². The van der Waals surface area contributed by atoms with Crippen LogP contribution in [0.1, 0.15) is 56.8 Å². The second-order valence-corrected chi connectivity index (χ2v) is 5.17. The zero-order chi connectivity index (χ0) is 15.7. The van der Waals surface area contributed by atoms with Gasteiger partial charge in [0.05, 0.1) is 6.61 Å². The van der Waals surface area contributed by atoms with Crippen LogP contribution in [0.5, 0.6) is 5.75 Å². The molecule has 0 aromatic heterocycles. The Bertz CT molecular complexity index is 454. The molecule has 4 heteroatoms. The first-order valence-corrected chi connectivity index (χ1v) is 7.62. The maximum atomic E-state index is 12.0. The highest BCUT2D eigenvalue weighted by Crippen LogP contribution is 2.14. The fourth-order valence-corrected chi connectivity index (χ4v) is 1.78. The first-order valence-electron chi connectivity index (χ1n) is 7.62. The molecule has 0 spiro atoms. The van der Waals surface area contributed by atoms with Crippen molar-refractivity contribution in [1.29, 1.82) is 0 Å². The van der Waals surface area contributed by atoms with Gasteiger partial charge in [-0.1, -0.05) is 13.8 Å². The average molecular weight is 291 g/mol. The van der Waals surface area contributed by atoms with Gasteiger partial charge in [0.15, 0.2) is 5.78 Å².